The average molecular weight is 309 g/mol. The van der Waals surface area contributed by atoms with Gasteiger partial charge in [0.1, 0.15) is 4.90 Å². The van der Waals surface area contributed by atoms with E-state index in [2.05, 4.69) is 20.1 Å². The molecule has 2 aromatic heterocycles. The third kappa shape index (κ3) is 4.10. The molecular formula is C13H19N5O2S. The number of sulfonamides is 1. The zero-order valence-electron chi connectivity index (χ0n) is 12.1. The lowest BCUT2D eigenvalue weighted by Crippen LogP contribution is -2.24. The van der Waals surface area contributed by atoms with Crippen LogP contribution in [0.4, 0.5) is 0 Å². The third-order valence-electron chi connectivity index (χ3n) is 3.06. The van der Waals surface area contributed by atoms with E-state index in [9.17, 15) is 8.42 Å². The topological polar surface area (TPSA) is 88.9 Å². The first-order valence-corrected chi connectivity index (χ1v) is 8.08. The second-order valence-electron chi connectivity index (χ2n) is 4.63. The van der Waals surface area contributed by atoms with E-state index in [0.717, 1.165) is 12.1 Å². The van der Waals surface area contributed by atoms with Crippen molar-refractivity contribution >= 4 is 10.0 Å². The maximum absolute atomic E-state index is 12.2. The van der Waals surface area contributed by atoms with Crippen LogP contribution in [0.3, 0.4) is 0 Å². The number of nitrogens with zero attached hydrogens (tertiary/aromatic N) is 3. The van der Waals surface area contributed by atoms with Gasteiger partial charge in [-0.25, -0.2) is 13.1 Å². The van der Waals surface area contributed by atoms with Crippen molar-refractivity contribution < 1.29 is 8.42 Å². The number of pyridine rings is 1. The molecule has 0 spiro atoms. The van der Waals surface area contributed by atoms with Crippen molar-refractivity contribution in [3.05, 3.63) is 42.0 Å². The monoisotopic (exact) mass is 309 g/mol. The highest BCUT2D eigenvalue weighted by molar-refractivity contribution is 7.89. The number of aromatic nitrogens is 3. The molecule has 0 amide bonds. The Labute approximate surface area is 124 Å². The van der Waals surface area contributed by atoms with Crippen LogP contribution in [0.25, 0.3) is 0 Å². The van der Waals surface area contributed by atoms with E-state index >= 15 is 0 Å². The summed E-state index contributed by atoms with van der Waals surface area (Å²) in [4.78, 5) is 4.32. The summed E-state index contributed by atoms with van der Waals surface area (Å²) in [6.45, 7) is 3.40. The summed E-state index contributed by atoms with van der Waals surface area (Å²) >= 11 is 0. The van der Waals surface area contributed by atoms with E-state index in [1.807, 2.05) is 26.1 Å². The van der Waals surface area contributed by atoms with Gasteiger partial charge in [0, 0.05) is 18.9 Å². The lowest BCUT2D eigenvalue weighted by Gasteiger charge is -2.06. The van der Waals surface area contributed by atoms with Gasteiger partial charge in [0.25, 0.3) is 0 Å². The highest BCUT2D eigenvalue weighted by atomic mass is 32.2. The Morgan fingerprint density at radius 3 is 2.90 bits per heavy atom. The van der Waals surface area contributed by atoms with Gasteiger partial charge in [0.15, 0.2) is 0 Å². The van der Waals surface area contributed by atoms with Crippen molar-refractivity contribution in [3.63, 3.8) is 0 Å². The Morgan fingerprint density at radius 1 is 1.38 bits per heavy atom. The number of hydrogen-bond donors (Lipinski definition) is 2. The lowest BCUT2D eigenvalue weighted by molar-refractivity contribution is 0.575. The summed E-state index contributed by atoms with van der Waals surface area (Å²) < 4.78 is 28.5. The first-order valence-electron chi connectivity index (χ1n) is 6.60. The molecule has 7 nitrogen and oxygen atoms in total. The highest BCUT2D eigenvalue weighted by Crippen LogP contribution is 2.09. The van der Waals surface area contributed by atoms with Gasteiger partial charge in [-0.1, -0.05) is 6.07 Å². The lowest BCUT2D eigenvalue weighted by atomic mass is 10.2. The minimum Gasteiger partial charge on any atom is -0.318 e. The summed E-state index contributed by atoms with van der Waals surface area (Å²) in [5.74, 6) is 0. The van der Waals surface area contributed by atoms with E-state index in [1.165, 1.54) is 12.4 Å². The van der Waals surface area contributed by atoms with Crippen LogP contribution in [0, 0.1) is 6.92 Å². The summed E-state index contributed by atoms with van der Waals surface area (Å²) in [6.07, 6.45) is 4.51. The van der Waals surface area contributed by atoms with Gasteiger partial charge in [0.2, 0.25) is 10.0 Å². The molecule has 0 saturated carbocycles. The molecule has 0 aliphatic rings. The van der Waals surface area contributed by atoms with Crippen LogP contribution in [0.2, 0.25) is 0 Å². The van der Waals surface area contributed by atoms with Gasteiger partial charge in [-0.2, -0.15) is 5.10 Å². The van der Waals surface area contributed by atoms with E-state index < -0.39 is 10.0 Å². The van der Waals surface area contributed by atoms with Crippen LogP contribution in [0.1, 0.15) is 11.3 Å². The van der Waals surface area contributed by atoms with Crippen LogP contribution in [-0.2, 0) is 23.1 Å². The zero-order valence-corrected chi connectivity index (χ0v) is 12.9. The Balaban J connectivity index is 2.05. The summed E-state index contributed by atoms with van der Waals surface area (Å²) in [5, 5.41) is 7.02. The molecule has 2 heterocycles. The van der Waals surface area contributed by atoms with Crippen molar-refractivity contribution in [2.45, 2.75) is 24.9 Å². The first kappa shape index (κ1) is 15.6. The largest absolute Gasteiger partial charge is 0.318 e. The van der Waals surface area contributed by atoms with Gasteiger partial charge < -0.3 is 5.32 Å². The number of likely N-dealkylation sites (N-methyl/N-ethyl adjacent to an activating group) is 1. The molecule has 0 fully saturated rings. The number of aryl methyl sites for hydroxylation is 1. The van der Waals surface area contributed by atoms with Gasteiger partial charge in [-0.05, 0) is 25.6 Å². The minimum atomic E-state index is -3.57. The Hall–Kier alpha value is -1.77. The van der Waals surface area contributed by atoms with E-state index in [0.29, 0.717) is 12.2 Å². The molecule has 0 aromatic carbocycles. The van der Waals surface area contributed by atoms with Crippen molar-refractivity contribution in [1.82, 2.24) is 24.8 Å². The smallest absolute Gasteiger partial charge is 0.244 e. The van der Waals surface area contributed by atoms with Crippen LogP contribution in [0.15, 0.2) is 35.6 Å². The maximum Gasteiger partial charge on any atom is 0.244 e. The predicted molar refractivity (Wildman–Crippen MR) is 79.2 cm³/mol. The second-order valence-corrected chi connectivity index (χ2v) is 6.40. The van der Waals surface area contributed by atoms with Gasteiger partial charge in [0.05, 0.1) is 25.0 Å². The SMILES string of the molecule is CNCCn1cc(S(=O)(=O)NCc2ncccc2C)cn1. The van der Waals surface area contributed by atoms with Crippen molar-refractivity contribution in [3.8, 4) is 0 Å². The van der Waals surface area contributed by atoms with Crippen molar-refractivity contribution in [2.24, 2.45) is 0 Å². The fourth-order valence-electron chi connectivity index (χ4n) is 1.78. The van der Waals surface area contributed by atoms with E-state index in [4.69, 9.17) is 0 Å². The molecule has 0 atom stereocenters. The van der Waals surface area contributed by atoms with Gasteiger partial charge in [-0.3, -0.25) is 9.67 Å². The van der Waals surface area contributed by atoms with E-state index in [-0.39, 0.29) is 11.4 Å². The molecule has 21 heavy (non-hydrogen) atoms. The standard InChI is InChI=1S/C13H19N5O2S/c1-11-4-3-5-15-13(11)9-17-21(19,20)12-8-16-18(10-12)7-6-14-2/h3-5,8,10,14,17H,6-7,9H2,1-2H3. The number of rotatable bonds is 7. The molecule has 0 unspecified atom stereocenters. The summed E-state index contributed by atoms with van der Waals surface area (Å²) in [6, 6.07) is 3.71. The third-order valence-corrected chi connectivity index (χ3v) is 4.41. The number of nitrogens with one attached hydrogen (secondary N) is 2. The van der Waals surface area contributed by atoms with Crippen LogP contribution < -0.4 is 10.0 Å². The van der Waals surface area contributed by atoms with E-state index in [1.54, 1.807) is 10.9 Å². The highest BCUT2D eigenvalue weighted by Gasteiger charge is 2.16. The summed E-state index contributed by atoms with van der Waals surface area (Å²) in [5.41, 5.74) is 1.66. The normalized spacial score (nSPS) is 11.7. The molecule has 0 saturated heterocycles. The molecule has 2 aromatic rings. The van der Waals surface area contributed by atoms with Crippen LogP contribution >= 0.6 is 0 Å². The Bertz CT molecular complexity index is 696. The Kier molecular flexibility index (Phi) is 5.05. The molecule has 0 bridgehead atoms. The first-order chi connectivity index (χ1) is 10.0. The van der Waals surface area contributed by atoms with Gasteiger partial charge >= 0.3 is 0 Å². The van der Waals surface area contributed by atoms with Gasteiger partial charge in [-0.15, -0.1) is 0 Å². The minimum absolute atomic E-state index is 0.159. The van der Waals surface area contributed by atoms with Crippen LogP contribution in [-0.4, -0.2) is 36.8 Å². The number of hydrogen-bond acceptors (Lipinski definition) is 5. The molecule has 8 heteroatoms. The molecule has 2 N–H and O–H groups in total. The quantitative estimate of drug-likeness (QED) is 0.767. The molecule has 2 rings (SSSR count). The average Bonchev–Trinajstić information content (AvgIpc) is 2.94. The maximum atomic E-state index is 12.2. The van der Waals surface area contributed by atoms with Crippen LogP contribution in [0.5, 0.6) is 0 Å². The molecular weight excluding hydrogens is 290 g/mol. The molecule has 0 aliphatic heterocycles. The fraction of sp³-hybridized carbons (Fsp3) is 0.385. The van der Waals surface area contributed by atoms with Crippen molar-refractivity contribution in [1.29, 1.82) is 0 Å². The second kappa shape index (κ2) is 6.79. The summed E-state index contributed by atoms with van der Waals surface area (Å²) in [7, 11) is -1.74. The predicted octanol–water partition coefficient (Wildman–Crippen LogP) is 0.284. The Morgan fingerprint density at radius 2 is 2.19 bits per heavy atom. The zero-order chi connectivity index (χ0) is 15.3. The van der Waals surface area contributed by atoms with Crippen molar-refractivity contribution in [2.75, 3.05) is 13.6 Å². The molecule has 0 radical (unpaired) electrons. The molecule has 114 valence electrons. The fourth-order valence-corrected chi connectivity index (χ4v) is 2.72. The molecule has 0 aliphatic carbocycles.